The Bertz CT molecular complexity index is 1070. The van der Waals surface area contributed by atoms with Crippen LogP contribution in [0.4, 0.5) is 5.82 Å². The standard InChI is InChI=1S/C21H21N5OS/c1-13-10-19(26(25-13)17-8-6-5-7-9-17)24-20(27)12-28-21-18(11-22)15(3)14(2)16(4)23-21/h5-10H,12H2,1-4H3,(H,24,27). The Balaban J connectivity index is 1.76. The van der Waals surface area contributed by atoms with E-state index in [0.717, 1.165) is 28.2 Å². The largest absolute Gasteiger partial charge is 0.310 e. The number of amides is 1. The van der Waals surface area contributed by atoms with Crippen molar-refractivity contribution in [2.24, 2.45) is 0 Å². The number of benzene rings is 1. The lowest BCUT2D eigenvalue weighted by atomic mass is 10.1. The third-order valence-electron chi connectivity index (χ3n) is 4.51. The van der Waals surface area contributed by atoms with E-state index >= 15 is 0 Å². The number of aromatic nitrogens is 3. The van der Waals surface area contributed by atoms with Crippen molar-refractivity contribution in [2.75, 3.05) is 11.1 Å². The first-order chi connectivity index (χ1) is 13.4. The van der Waals surface area contributed by atoms with Gasteiger partial charge in [-0.15, -0.1) is 0 Å². The van der Waals surface area contributed by atoms with Crippen LogP contribution in [0.1, 0.15) is 28.1 Å². The number of nitrogens with one attached hydrogen (secondary N) is 1. The molecule has 1 amide bonds. The number of thioether (sulfide) groups is 1. The summed E-state index contributed by atoms with van der Waals surface area (Å²) in [6.07, 6.45) is 0. The number of rotatable bonds is 5. The van der Waals surface area contributed by atoms with Gasteiger partial charge in [0.15, 0.2) is 0 Å². The molecule has 0 atom stereocenters. The van der Waals surface area contributed by atoms with E-state index in [1.165, 1.54) is 11.8 Å². The predicted octanol–water partition coefficient (Wildman–Crippen LogP) is 4.10. The summed E-state index contributed by atoms with van der Waals surface area (Å²) in [4.78, 5) is 17.0. The van der Waals surface area contributed by atoms with Gasteiger partial charge in [0.25, 0.3) is 0 Å². The van der Waals surface area contributed by atoms with Crippen molar-refractivity contribution in [3.8, 4) is 11.8 Å². The molecule has 0 saturated carbocycles. The molecule has 3 aromatic rings. The van der Waals surface area contributed by atoms with Gasteiger partial charge in [0.1, 0.15) is 16.9 Å². The molecule has 0 bridgehead atoms. The highest BCUT2D eigenvalue weighted by atomic mass is 32.2. The average Bonchev–Trinajstić information content (AvgIpc) is 3.05. The van der Waals surface area contributed by atoms with Gasteiger partial charge in [-0.05, 0) is 51.0 Å². The van der Waals surface area contributed by atoms with Gasteiger partial charge in [0.05, 0.1) is 22.7 Å². The van der Waals surface area contributed by atoms with Gasteiger partial charge in [-0.3, -0.25) is 4.79 Å². The van der Waals surface area contributed by atoms with Gasteiger partial charge < -0.3 is 5.32 Å². The van der Waals surface area contributed by atoms with E-state index < -0.39 is 0 Å². The third-order valence-corrected chi connectivity index (χ3v) is 5.49. The molecule has 3 rings (SSSR count). The Morgan fingerprint density at radius 3 is 2.57 bits per heavy atom. The highest BCUT2D eigenvalue weighted by molar-refractivity contribution is 8.00. The number of nitriles is 1. The number of para-hydroxylation sites is 1. The molecule has 0 aliphatic carbocycles. The number of hydrogen-bond donors (Lipinski definition) is 1. The summed E-state index contributed by atoms with van der Waals surface area (Å²) < 4.78 is 1.71. The minimum Gasteiger partial charge on any atom is -0.310 e. The fraction of sp³-hybridized carbons (Fsp3) is 0.238. The number of pyridine rings is 1. The normalized spacial score (nSPS) is 10.5. The molecule has 142 valence electrons. The zero-order valence-corrected chi connectivity index (χ0v) is 17.1. The second-order valence-corrected chi connectivity index (χ2v) is 7.46. The molecule has 0 aliphatic heterocycles. The van der Waals surface area contributed by atoms with Crippen LogP contribution in [-0.4, -0.2) is 26.4 Å². The maximum atomic E-state index is 12.5. The Kier molecular flexibility index (Phi) is 5.81. The van der Waals surface area contributed by atoms with Gasteiger partial charge in [-0.2, -0.15) is 10.4 Å². The molecule has 0 aliphatic rings. The Morgan fingerprint density at radius 2 is 1.89 bits per heavy atom. The zero-order chi connectivity index (χ0) is 20.3. The monoisotopic (exact) mass is 391 g/mol. The van der Waals surface area contributed by atoms with Crippen LogP contribution >= 0.6 is 11.8 Å². The fourth-order valence-corrected chi connectivity index (χ4v) is 3.70. The van der Waals surface area contributed by atoms with Crippen molar-refractivity contribution in [3.05, 3.63) is 64.5 Å². The predicted molar refractivity (Wildman–Crippen MR) is 111 cm³/mol. The van der Waals surface area contributed by atoms with E-state index in [1.54, 1.807) is 4.68 Å². The molecule has 6 nitrogen and oxygen atoms in total. The fourth-order valence-electron chi connectivity index (χ4n) is 2.81. The maximum Gasteiger partial charge on any atom is 0.235 e. The third kappa shape index (κ3) is 4.07. The van der Waals surface area contributed by atoms with Gasteiger partial charge in [-0.1, -0.05) is 30.0 Å². The van der Waals surface area contributed by atoms with E-state index in [0.29, 0.717) is 16.4 Å². The Labute approximate surface area is 168 Å². The summed E-state index contributed by atoms with van der Waals surface area (Å²) in [7, 11) is 0. The maximum absolute atomic E-state index is 12.5. The van der Waals surface area contributed by atoms with Crippen LogP contribution in [0.5, 0.6) is 0 Å². The molecule has 7 heteroatoms. The summed E-state index contributed by atoms with van der Waals surface area (Å²) in [5.74, 6) is 0.588. The first-order valence-electron chi connectivity index (χ1n) is 8.83. The minimum absolute atomic E-state index is 0.155. The average molecular weight is 392 g/mol. The first kappa shape index (κ1) is 19.6. The van der Waals surface area contributed by atoms with Crippen molar-refractivity contribution in [1.29, 1.82) is 5.26 Å². The number of carbonyl (C=O) groups excluding carboxylic acids is 1. The van der Waals surface area contributed by atoms with Crippen molar-refractivity contribution in [2.45, 2.75) is 32.7 Å². The Hall–Kier alpha value is -3.11. The highest BCUT2D eigenvalue weighted by Gasteiger charge is 2.16. The molecule has 2 heterocycles. The molecular formula is C21H21N5OS. The quantitative estimate of drug-likeness (QED) is 0.662. The number of carbonyl (C=O) groups is 1. The lowest BCUT2D eigenvalue weighted by molar-refractivity contribution is -0.113. The molecule has 2 aromatic heterocycles. The van der Waals surface area contributed by atoms with E-state index in [9.17, 15) is 10.1 Å². The van der Waals surface area contributed by atoms with E-state index in [2.05, 4.69) is 21.5 Å². The molecular weight excluding hydrogens is 370 g/mol. The van der Waals surface area contributed by atoms with Gasteiger partial charge in [0.2, 0.25) is 5.91 Å². The summed E-state index contributed by atoms with van der Waals surface area (Å²) in [5, 5.41) is 17.4. The van der Waals surface area contributed by atoms with E-state index in [4.69, 9.17) is 0 Å². The highest BCUT2D eigenvalue weighted by Crippen LogP contribution is 2.26. The minimum atomic E-state index is -0.177. The second-order valence-electron chi connectivity index (χ2n) is 6.49. The van der Waals surface area contributed by atoms with Crippen LogP contribution in [0.2, 0.25) is 0 Å². The molecule has 0 unspecified atom stereocenters. The molecule has 0 spiro atoms. The summed E-state index contributed by atoms with van der Waals surface area (Å²) in [6.45, 7) is 7.65. The molecule has 0 saturated heterocycles. The molecule has 0 radical (unpaired) electrons. The lowest BCUT2D eigenvalue weighted by Gasteiger charge is -2.11. The van der Waals surface area contributed by atoms with Crippen LogP contribution in [0.3, 0.4) is 0 Å². The SMILES string of the molecule is Cc1cc(NC(=O)CSc2nc(C)c(C)c(C)c2C#N)n(-c2ccccc2)n1. The van der Waals surface area contributed by atoms with Gasteiger partial charge >= 0.3 is 0 Å². The van der Waals surface area contributed by atoms with Crippen LogP contribution < -0.4 is 5.32 Å². The van der Waals surface area contributed by atoms with E-state index in [-0.39, 0.29) is 11.7 Å². The summed E-state index contributed by atoms with van der Waals surface area (Å²) in [6, 6.07) is 13.7. The molecule has 1 N–H and O–H groups in total. The second kappa shape index (κ2) is 8.28. The lowest BCUT2D eigenvalue weighted by Crippen LogP contribution is -2.17. The van der Waals surface area contributed by atoms with Crippen molar-refractivity contribution in [3.63, 3.8) is 0 Å². The number of aryl methyl sites for hydroxylation is 2. The first-order valence-corrected chi connectivity index (χ1v) is 9.82. The molecule has 0 fully saturated rings. The molecule has 1 aromatic carbocycles. The van der Waals surface area contributed by atoms with E-state index in [1.807, 2.05) is 64.1 Å². The number of nitrogens with zero attached hydrogens (tertiary/aromatic N) is 4. The van der Waals surface area contributed by atoms with Gasteiger partial charge in [-0.25, -0.2) is 9.67 Å². The van der Waals surface area contributed by atoms with Crippen LogP contribution in [0, 0.1) is 39.0 Å². The Morgan fingerprint density at radius 1 is 1.18 bits per heavy atom. The topological polar surface area (TPSA) is 83.6 Å². The van der Waals surface area contributed by atoms with Crippen LogP contribution in [0.25, 0.3) is 5.69 Å². The summed E-state index contributed by atoms with van der Waals surface area (Å²) in [5.41, 5.74) is 5.01. The van der Waals surface area contributed by atoms with Crippen LogP contribution in [0.15, 0.2) is 41.4 Å². The van der Waals surface area contributed by atoms with Crippen molar-refractivity contribution < 1.29 is 4.79 Å². The smallest absolute Gasteiger partial charge is 0.235 e. The molecule has 28 heavy (non-hydrogen) atoms. The van der Waals surface area contributed by atoms with Gasteiger partial charge in [0, 0.05) is 11.8 Å². The van der Waals surface area contributed by atoms with Crippen molar-refractivity contribution in [1.82, 2.24) is 14.8 Å². The van der Waals surface area contributed by atoms with Crippen molar-refractivity contribution >= 4 is 23.5 Å². The number of anilines is 1. The van der Waals surface area contributed by atoms with Crippen LogP contribution in [-0.2, 0) is 4.79 Å². The zero-order valence-electron chi connectivity index (χ0n) is 16.3. The summed E-state index contributed by atoms with van der Waals surface area (Å²) >= 11 is 1.27. The number of hydrogen-bond acceptors (Lipinski definition) is 5.